The number of allylic oxidation sites excluding steroid dienone is 1. The highest BCUT2D eigenvalue weighted by molar-refractivity contribution is 6.31. The van der Waals surface area contributed by atoms with Crippen LogP contribution in [0.15, 0.2) is 41.0 Å². The van der Waals surface area contributed by atoms with Gasteiger partial charge in [-0.2, -0.15) is 5.26 Å². The first-order valence-electron chi connectivity index (χ1n) is 7.70. The van der Waals surface area contributed by atoms with Crippen molar-refractivity contribution in [1.82, 2.24) is 0 Å². The average Bonchev–Trinajstić information content (AvgIpc) is 2.80. The third-order valence-corrected chi connectivity index (χ3v) is 4.70. The maximum Gasteiger partial charge on any atom is 0.245 e. The number of carbonyl (C=O) groups is 2. The monoisotopic (exact) mass is 357 g/mol. The van der Waals surface area contributed by atoms with Gasteiger partial charge in [0.2, 0.25) is 11.8 Å². The molecule has 0 bridgehead atoms. The van der Waals surface area contributed by atoms with Crippen LogP contribution < -0.4 is 11.1 Å². The van der Waals surface area contributed by atoms with Crippen molar-refractivity contribution >= 4 is 29.0 Å². The molecule has 0 aliphatic carbocycles. The Morgan fingerprint density at radius 3 is 2.72 bits per heavy atom. The van der Waals surface area contributed by atoms with E-state index in [4.69, 9.17) is 22.1 Å². The smallest absolute Gasteiger partial charge is 0.245 e. The molecule has 0 radical (unpaired) electrons. The fourth-order valence-electron chi connectivity index (χ4n) is 3.40. The van der Waals surface area contributed by atoms with Crippen LogP contribution in [0.5, 0.6) is 0 Å². The number of fused-ring (bicyclic) bond motifs is 2. The van der Waals surface area contributed by atoms with E-state index in [-0.39, 0.29) is 28.6 Å². The highest BCUT2D eigenvalue weighted by Gasteiger charge is 2.59. The summed E-state index contributed by atoms with van der Waals surface area (Å²) in [6.45, 7) is 5.00. The highest BCUT2D eigenvalue weighted by atomic mass is 35.5. The number of benzene rings is 1. The second-order valence-electron chi connectivity index (χ2n) is 6.30. The molecule has 25 heavy (non-hydrogen) atoms. The van der Waals surface area contributed by atoms with E-state index >= 15 is 0 Å². The van der Waals surface area contributed by atoms with Crippen LogP contribution in [0.4, 0.5) is 5.69 Å². The molecular weight excluding hydrogens is 342 g/mol. The molecule has 2 heterocycles. The predicted molar refractivity (Wildman–Crippen MR) is 92.2 cm³/mol. The first-order chi connectivity index (χ1) is 11.7. The third kappa shape index (κ3) is 2.16. The minimum atomic E-state index is -1.65. The van der Waals surface area contributed by atoms with Crippen molar-refractivity contribution in [3.8, 4) is 6.07 Å². The molecule has 0 saturated carbocycles. The van der Waals surface area contributed by atoms with E-state index < -0.39 is 17.2 Å². The van der Waals surface area contributed by atoms with Gasteiger partial charge < -0.3 is 15.8 Å². The first-order valence-corrected chi connectivity index (χ1v) is 8.08. The number of ether oxygens (including phenoxy) is 1. The molecule has 1 amide bonds. The van der Waals surface area contributed by atoms with Crippen LogP contribution in [0, 0.1) is 17.2 Å². The lowest BCUT2D eigenvalue weighted by Gasteiger charge is -2.35. The van der Waals surface area contributed by atoms with E-state index in [1.165, 1.54) is 0 Å². The van der Waals surface area contributed by atoms with Crippen LogP contribution in [0.25, 0.3) is 0 Å². The topological polar surface area (TPSA) is 105 Å². The molecule has 6 nitrogen and oxygen atoms in total. The van der Waals surface area contributed by atoms with Gasteiger partial charge in [0.15, 0.2) is 5.78 Å². The van der Waals surface area contributed by atoms with Crippen LogP contribution in [0.2, 0.25) is 5.02 Å². The van der Waals surface area contributed by atoms with Crippen molar-refractivity contribution in [2.45, 2.75) is 26.2 Å². The summed E-state index contributed by atoms with van der Waals surface area (Å²) in [4.78, 5) is 26.0. The summed E-state index contributed by atoms with van der Waals surface area (Å²) >= 11 is 6.13. The van der Waals surface area contributed by atoms with Gasteiger partial charge in [-0.05, 0) is 25.1 Å². The van der Waals surface area contributed by atoms with Crippen LogP contribution in [0.3, 0.4) is 0 Å². The molecule has 0 saturated heterocycles. The Bertz CT molecular complexity index is 924. The molecule has 2 aliphatic rings. The number of halogens is 1. The number of nitriles is 1. The van der Waals surface area contributed by atoms with Gasteiger partial charge in [0.1, 0.15) is 22.8 Å². The normalized spacial score (nSPS) is 22.0. The number of rotatable bonds is 2. The molecule has 0 unspecified atom stereocenters. The number of Topliss-reactive ketones (excluding diaryl/α,β-unsaturated/α-hetero) is 1. The van der Waals surface area contributed by atoms with Gasteiger partial charge in [-0.1, -0.05) is 25.4 Å². The van der Waals surface area contributed by atoms with Crippen LogP contribution in [-0.2, 0) is 19.7 Å². The summed E-state index contributed by atoms with van der Waals surface area (Å²) in [5.74, 6) is -1.20. The summed E-state index contributed by atoms with van der Waals surface area (Å²) in [5.41, 5.74) is 5.18. The van der Waals surface area contributed by atoms with Crippen molar-refractivity contribution in [3.63, 3.8) is 0 Å². The Labute approximate surface area is 149 Å². The number of ketones is 1. The summed E-state index contributed by atoms with van der Waals surface area (Å²) in [6.07, 6.45) is 0. The maximum atomic E-state index is 13.1. The van der Waals surface area contributed by atoms with Gasteiger partial charge in [0, 0.05) is 22.2 Å². The lowest BCUT2D eigenvalue weighted by molar-refractivity contribution is -0.124. The van der Waals surface area contributed by atoms with Crippen LogP contribution in [-0.4, -0.2) is 11.7 Å². The first kappa shape index (κ1) is 17.1. The quantitative estimate of drug-likeness (QED) is 0.846. The lowest BCUT2D eigenvalue weighted by atomic mass is 9.66. The minimum absolute atomic E-state index is 0.111. The van der Waals surface area contributed by atoms with Crippen LogP contribution >= 0.6 is 11.6 Å². The van der Waals surface area contributed by atoms with Gasteiger partial charge in [-0.15, -0.1) is 0 Å². The van der Waals surface area contributed by atoms with Gasteiger partial charge in [0.05, 0.1) is 5.57 Å². The van der Waals surface area contributed by atoms with Gasteiger partial charge in [-0.25, -0.2) is 0 Å². The van der Waals surface area contributed by atoms with E-state index in [0.717, 1.165) is 0 Å². The number of amides is 1. The van der Waals surface area contributed by atoms with Gasteiger partial charge in [0.25, 0.3) is 0 Å². The summed E-state index contributed by atoms with van der Waals surface area (Å²) in [5, 5.41) is 12.8. The van der Waals surface area contributed by atoms with Crippen molar-refractivity contribution in [2.24, 2.45) is 11.7 Å². The molecule has 1 aromatic carbocycles. The highest BCUT2D eigenvalue weighted by Crippen LogP contribution is 2.52. The van der Waals surface area contributed by atoms with E-state index in [1.54, 1.807) is 39.0 Å². The molecule has 0 aromatic heterocycles. The Morgan fingerprint density at radius 1 is 1.44 bits per heavy atom. The largest absolute Gasteiger partial charge is 0.445 e. The third-order valence-electron chi connectivity index (χ3n) is 4.47. The average molecular weight is 358 g/mol. The number of carbonyl (C=O) groups excluding carboxylic acids is 2. The second-order valence-corrected chi connectivity index (χ2v) is 6.73. The van der Waals surface area contributed by atoms with Crippen molar-refractivity contribution in [2.75, 3.05) is 5.32 Å². The Hall–Kier alpha value is -2.78. The minimum Gasteiger partial charge on any atom is -0.445 e. The number of nitrogens with one attached hydrogen (secondary N) is 1. The predicted octanol–water partition coefficient (Wildman–Crippen LogP) is 2.75. The second kappa shape index (κ2) is 5.64. The zero-order valence-corrected chi connectivity index (χ0v) is 14.7. The molecule has 0 fully saturated rings. The molecule has 2 aliphatic heterocycles. The SMILES string of the molecule is CC1=C(C(=O)C(C)C)[C@]2(C(=O)Nc3ccc(Cl)cc32)C(C#N)=C(N)O1. The number of anilines is 1. The summed E-state index contributed by atoms with van der Waals surface area (Å²) in [7, 11) is 0. The molecule has 7 heteroatoms. The summed E-state index contributed by atoms with van der Waals surface area (Å²) in [6, 6.07) is 6.80. The van der Waals surface area contributed by atoms with Crippen molar-refractivity contribution in [1.29, 1.82) is 5.26 Å². The van der Waals surface area contributed by atoms with Gasteiger partial charge in [-0.3, -0.25) is 9.59 Å². The number of nitrogens with zero attached hydrogens (tertiary/aromatic N) is 1. The maximum absolute atomic E-state index is 13.1. The van der Waals surface area contributed by atoms with Crippen molar-refractivity contribution in [3.05, 3.63) is 51.6 Å². The Morgan fingerprint density at radius 2 is 2.12 bits per heavy atom. The molecule has 128 valence electrons. The number of hydrogen-bond acceptors (Lipinski definition) is 5. The lowest BCUT2D eigenvalue weighted by Crippen LogP contribution is -2.46. The zero-order valence-electron chi connectivity index (χ0n) is 13.9. The van der Waals surface area contributed by atoms with E-state index in [9.17, 15) is 14.9 Å². The van der Waals surface area contributed by atoms with E-state index in [0.29, 0.717) is 16.3 Å². The fourth-order valence-corrected chi connectivity index (χ4v) is 3.57. The van der Waals surface area contributed by atoms with Gasteiger partial charge >= 0.3 is 0 Å². The molecule has 3 N–H and O–H groups in total. The standard InChI is InChI=1S/C18H16ClN3O3/c1-8(2)15(23)14-9(3)25-16(21)12(7-20)18(14)11-6-10(19)4-5-13(11)22-17(18)24/h4-6,8H,21H2,1-3H3,(H,22,24)/t18-/m1/s1. The molecule has 1 spiro atoms. The number of hydrogen-bond donors (Lipinski definition) is 2. The van der Waals surface area contributed by atoms with E-state index in [1.807, 2.05) is 6.07 Å². The molecule has 3 rings (SSSR count). The van der Waals surface area contributed by atoms with Crippen LogP contribution in [0.1, 0.15) is 26.3 Å². The summed E-state index contributed by atoms with van der Waals surface area (Å²) < 4.78 is 5.43. The number of nitrogens with two attached hydrogens (primary N) is 1. The molecular formula is C18H16ClN3O3. The molecule has 1 aromatic rings. The van der Waals surface area contributed by atoms with Crippen molar-refractivity contribution < 1.29 is 14.3 Å². The Kier molecular flexibility index (Phi) is 3.85. The Balaban J connectivity index is 2.45. The molecule has 1 atom stereocenters. The fraction of sp³-hybridized carbons (Fsp3) is 0.278. The zero-order chi connectivity index (χ0) is 18.5. The van der Waals surface area contributed by atoms with E-state index in [2.05, 4.69) is 5.32 Å².